The topological polar surface area (TPSA) is 340 Å². The minimum Gasteiger partial charge on any atom is -0.481 e. The summed E-state index contributed by atoms with van der Waals surface area (Å²) in [4.78, 5) is 111. The smallest absolute Gasteiger partial charge is 0.326 e. The molecule has 6 amide bonds. The zero-order chi connectivity index (χ0) is 48.7. The number of hydrogen-bond donors (Lipinski definition) is 11. The normalized spacial score (nSPS) is 18.4. The molecule has 1 aliphatic rings. The SMILES string of the molecule is CC[C@@H](C)[C@@H](N)C1=NC(C(=O)N[C@@H](CC(C)C)C(=O)N[C@H](CCC(=O)O)C(=O)N[C@H](C(=O)N[C@@H](CCCCN)C(=O)N[C@H](CCCN)C(=O)N[C@H](C(=O)O)[C@@H](C)CC)[C@@H](C)CC)CS1. The van der Waals surface area contributed by atoms with E-state index in [0.29, 0.717) is 49.4 Å². The summed E-state index contributed by atoms with van der Waals surface area (Å²) in [5, 5.41) is 35.9. The number of rotatable bonds is 32. The first-order valence-corrected chi connectivity index (χ1v) is 23.8. The number of thioether (sulfide) groups is 1. The molecule has 20 nitrogen and oxygen atoms in total. The second kappa shape index (κ2) is 30.0. The number of nitrogens with one attached hydrogen (secondary N) is 6. The fourth-order valence-corrected chi connectivity index (χ4v) is 7.95. The van der Waals surface area contributed by atoms with Crippen molar-refractivity contribution in [1.82, 2.24) is 31.9 Å². The number of carbonyl (C=O) groups excluding carboxylic acids is 6. The molecule has 0 aromatic carbocycles. The highest BCUT2D eigenvalue weighted by molar-refractivity contribution is 8.14. The molecule has 64 heavy (non-hydrogen) atoms. The molecule has 1 aliphatic heterocycles. The quantitative estimate of drug-likeness (QED) is 0.0415. The Labute approximate surface area is 382 Å². The van der Waals surface area contributed by atoms with Crippen molar-refractivity contribution < 1.29 is 48.6 Å². The van der Waals surface area contributed by atoms with Gasteiger partial charge in [-0.3, -0.25) is 38.6 Å². The van der Waals surface area contributed by atoms with Crippen molar-refractivity contribution in [2.75, 3.05) is 18.8 Å². The third-order valence-corrected chi connectivity index (χ3v) is 12.8. The lowest BCUT2D eigenvalue weighted by atomic mass is 9.96. The monoisotopic (exact) mass is 927 g/mol. The molecule has 1 rings (SSSR count). The van der Waals surface area contributed by atoms with Crippen molar-refractivity contribution in [2.45, 2.75) is 174 Å². The molecule has 14 N–H and O–H groups in total. The fourth-order valence-electron chi connectivity index (χ4n) is 6.77. The van der Waals surface area contributed by atoms with E-state index in [4.69, 9.17) is 17.2 Å². The second-order valence-corrected chi connectivity index (χ2v) is 18.3. The second-order valence-electron chi connectivity index (χ2n) is 17.3. The number of aliphatic carboxylic acids is 2. The molecule has 366 valence electrons. The summed E-state index contributed by atoms with van der Waals surface area (Å²) in [5.74, 6) is -7.28. The molecule has 0 saturated heterocycles. The Morgan fingerprint density at radius 1 is 0.625 bits per heavy atom. The predicted molar refractivity (Wildman–Crippen MR) is 247 cm³/mol. The van der Waals surface area contributed by atoms with E-state index in [2.05, 4.69) is 36.9 Å². The predicted octanol–water partition coefficient (Wildman–Crippen LogP) is 0.738. The van der Waals surface area contributed by atoms with Crippen molar-refractivity contribution in [1.29, 1.82) is 0 Å². The first-order chi connectivity index (χ1) is 30.1. The summed E-state index contributed by atoms with van der Waals surface area (Å²) in [6.07, 6.45) is 2.41. The summed E-state index contributed by atoms with van der Waals surface area (Å²) >= 11 is 1.39. The van der Waals surface area contributed by atoms with E-state index in [9.17, 15) is 48.6 Å². The van der Waals surface area contributed by atoms with E-state index < -0.39 is 108 Å². The van der Waals surface area contributed by atoms with Crippen LogP contribution in [0.1, 0.15) is 126 Å². The number of nitrogens with two attached hydrogens (primary N) is 3. The highest BCUT2D eigenvalue weighted by Gasteiger charge is 2.37. The number of amides is 6. The molecule has 0 spiro atoms. The van der Waals surface area contributed by atoms with Gasteiger partial charge in [-0.05, 0) is 81.7 Å². The van der Waals surface area contributed by atoms with E-state index in [-0.39, 0.29) is 50.1 Å². The molecule has 0 aliphatic carbocycles. The van der Waals surface area contributed by atoms with Crippen molar-refractivity contribution in [2.24, 2.45) is 45.9 Å². The summed E-state index contributed by atoms with van der Waals surface area (Å²) in [7, 11) is 0. The zero-order valence-corrected chi connectivity index (χ0v) is 39.9. The Bertz CT molecular complexity index is 1590. The van der Waals surface area contributed by atoms with Crippen molar-refractivity contribution in [3.05, 3.63) is 0 Å². The first kappa shape index (κ1) is 57.7. The maximum Gasteiger partial charge on any atom is 0.326 e. The number of carbonyl (C=O) groups is 8. The highest BCUT2D eigenvalue weighted by Crippen LogP contribution is 2.24. The van der Waals surface area contributed by atoms with Gasteiger partial charge < -0.3 is 59.3 Å². The molecule has 0 fully saturated rings. The first-order valence-electron chi connectivity index (χ1n) is 22.8. The average molecular weight is 927 g/mol. The van der Waals surface area contributed by atoms with E-state index in [1.54, 1.807) is 27.7 Å². The third-order valence-electron chi connectivity index (χ3n) is 11.6. The molecule has 0 saturated carbocycles. The molecule has 11 atom stereocenters. The van der Waals surface area contributed by atoms with Crippen LogP contribution in [0.2, 0.25) is 0 Å². The molecule has 0 radical (unpaired) electrons. The Kier molecular flexibility index (Phi) is 27.0. The summed E-state index contributed by atoms with van der Waals surface area (Å²) in [5.41, 5.74) is 17.8. The van der Waals surface area contributed by atoms with Crippen LogP contribution in [0.4, 0.5) is 0 Å². The van der Waals surface area contributed by atoms with Crippen LogP contribution < -0.4 is 49.1 Å². The molecular weight excluding hydrogens is 849 g/mol. The Morgan fingerprint density at radius 2 is 1.09 bits per heavy atom. The van der Waals surface area contributed by atoms with Crippen LogP contribution in [0.15, 0.2) is 4.99 Å². The largest absolute Gasteiger partial charge is 0.481 e. The molecular formula is C43H78N10O10S. The minimum atomic E-state index is -1.44. The number of carboxylic acid groups (broad SMARTS) is 2. The molecule has 0 aromatic heterocycles. The Balaban J connectivity index is 3.39. The lowest BCUT2D eigenvalue weighted by molar-refractivity contribution is -0.144. The molecule has 21 heteroatoms. The number of nitrogens with zero attached hydrogens (tertiary/aromatic N) is 1. The van der Waals surface area contributed by atoms with Crippen LogP contribution in [0.3, 0.4) is 0 Å². The standard InChI is InChI=1S/C43H78N10O10S/c1-9-24(6)33(46)42-51-31(22-64-42)40(60)50-30(21-23(4)5)39(59)48-29(17-18-32(54)55)38(58)52-34(25(7)10-2)41(61)49-27(15-12-13-19-44)36(56)47-28(16-14-20-45)37(57)53-35(43(62)63)26(8)11-3/h23-31,33-35H,9-22,44-46H2,1-8H3,(H,47,56)(H,48,59)(H,49,61)(H,50,60)(H,52,58)(H,53,57)(H,54,55)(H,62,63)/t24-,25+,26+,27+,28-,29-,30+,31?,33-,34+,35+/m1/s1. The molecule has 0 bridgehead atoms. The van der Waals surface area contributed by atoms with Gasteiger partial charge in [0.2, 0.25) is 35.4 Å². The maximum absolute atomic E-state index is 14.1. The average Bonchev–Trinajstić information content (AvgIpc) is 3.76. The van der Waals surface area contributed by atoms with E-state index >= 15 is 0 Å². The maximum atomic E-state index is 14.1. The Hall–Kier alpha value is -4.34. The van der Waals surface area contributed by atoms with Gasteiger partial charge in [0.1, 0.15) is 42.3 Å². The van der Waals surface area contributed by atoms with Gasteiger partial charge >= 0.3 is 11.9 Å². The Morgan fingerprint density at radius 3 is 1.59 bits per heavy atom. The number of aliphatic imine (C=N–C) groups is 1. The molecule has 0 aromatic rings. The van der Waals surface area contributed by atoms with Crippen LogP contribution in [-0.4, -0.2) is 130 Å². The van der Waals surface area contributed by atoms with E-state index in [1.807, 2.05) is 27.7 Å². The van der Waals surface area contributed by atoms with Gasteiger partial charge in [0.25, 0.3) is 0 Å². The minimum absolute atomic E-state index is 0.0802. The van der Waals surface area contributed by atoms with Crippen molar-refractivity contribution in [3.63, 3.8) is 0 Å². The number of unbranched alkanes of at least 4 members (excludes halogenated alkanes) is 1. The van der Waals surface area contributed by atoms with Crippen LogP contribution in [0.5, 0.6) is 0 Å². The lowest BCUT2D eigenvalue weighted by Gasteiger charge is -2.30. The van der Waals surface area contributed by atoms with Crippen molar-refractivity contribution >= 4 is 64.2 Å². The van der Waals surface area contributed by atoms with Gasteiger partial charge in [-0.15, -0.1) is 11.8 Å². The van der Waals surface area contributed by atoms with Gasteiger partial charge in [0.05, 0.1) is 11.1 Å². The van der Waals surface area contributed by atoms with E-state index in [1.165, 1.54) is 11.8 Å². The van der Waals surface area contributed by atoms with Gasteiger partial charge in [0.15, 0.2) is 0 Å². The van der Waals surface area contributed by atoms with Gasteiger partial charge in [-0.1, -0.05) is 74.7 Å². The highest BCUT2D eigenvalue weighted by atomic mass is 32.2. The van der Waals surface area contributed by atoms with E-state index in [0.717, 1.165) is 6.42 Å². The molecule has 1 unspecified atom stereocenters. The lowest BCUT2D eigenvalue weighted by Crippen LogP contribution is -2.61. The zero-order valence-electron chi connectivity index (χ0n) is 39.1. The van der Waals surface area contributed by atoms with Crippen LogP contribution in [-0.2, 0) is 38.4 Å². The van der Waals surface area contributed by atoms with Crippen molar-refractivity contribution in [3.8, 4) is 0 Å². The molecule has 1 heterocycles. The fraction of sp³-hybridized carbons (Fsp3) is 0.791. The summed E-state index contributed by atoms with van der Waals surface area (Å²) in [6.45, 7) is 15.1. The number of carboxylic acids is 2. The van der Waals surface area contributed by atoms with Crippen LogP contribution >= 0.6 is 11.8 Å². The third kappa shape index (κ3) is 19.8. The summed E-state index contributed by atoms with van der Waals surface area (Å²) in [6, 6.07) is -8.54. The van der Waals surface area contributed by atoms with Gasteiger partial charge in [0, 0.05) is 12.2 Å². The number of hydrogen-bond acceptors (Lipinski definition) is 13. The van der Waals surface area contributed by atoms with Crippen LogP contribution in [0, 0.1) is 23.7 Å². The van der Waals surface area contributed by atoms with Gasteiger partial charge in [-0.25, -0.2) is 4.79 Å². The van der Waals surface area contributed by atoms with Crippen LogP contribution in [0.25, 0.3) is 0 Å². The van der Waals surface area contributed by atoms with Gasteiger partial charge in [-0.2, -0.15) is 0 Å². The summed E-state index contributed by atoms with van der Waals surface area (Å²) < 4.78 is 0.